The van der Waals surface area contributed by atoms with E-state index in [1.807, 2.05) is 0 Å². The summed E-state index contributed by atoms with van der Waals surface area (Å²) in [5, 5.41) is 3.50. The van der Waals surface area contributed by atoms with E-state index in [-0.39, 0.29) is 0 Å². The van der Waals surface area contributed by atoms with Crippen molar-refractivity contribution in [2.24, 2.45) is 0 Å². The molecule has 0 saturated heterocycles. The van der Waals surface area contributed by atoms with Crippen molar-refractivity contribution in [3.8, 4) is 0 Å². The predicted octanol–water partition coefficient (Wildman–Crippen LogP) is 1.11. The Bertz CT molecular complexity index is 186. The van der Waals surface area contributed by atoms with Crippen molar-refractivity contribution in [2.45, 2.75) is 38.3 Å². The summed E-state index contributed by atoms with van der Waals surface area (Å²) in [5.74, 6) is 0. The summed E-state index contributed by atoms with van der Waals surface area (Å²) in [7, 11) is 3.56. The van der Waals surface area contributed by atoms with Crippen LogP contribution in [0.5, 0.6) is 0 Å². The fraction of sp³-hybridized carbons (Fsp3) is 1.00. The fourth-order valence-electron chi connectivity index (χ4n) is 2.18. The number of ether oxygens (including phenoxy) is 2. The van der Waals surface area contributed by atoms with Gasteiger partial charge in [-0.2, -0.15) is 0 Å². The van der Waals surface area contributed by atoms with Gasteiger partial charge in [0.1, 0.15) is 0 Å². The van der Waals surface area contributed by atoms with Crippen LogP contribution in [0.25, 0.3) is 0 Å². The summed E-state index contributed by atoms with van der Waals surface area (Å²) in [5.41, 5.74) is 0. The molecule has 0 aromatic carbocycles. The van der Waals surface area contributed by atoms with Crippen molar-refractivity contribution < 1.29 is 9.47 Å². The van der Waals surface area contributed by atoms with Crippen LogP contribution in [0, 0.1) is 0 Å². The summed E-state index contributed by atoms with van der Waals surface area (Å²) in [6.45, 7) is 6.93. The number of methoxy groups -OCH3 is 2. The molecule has 0 spiro atoms. The van der Waals surface area contributed by atoms with Gasteiger partial charge in [0.05, 0.1) is 13.2 Å². The number of rotatable bonds is 11. The molecule has 1 aliphatic carbocycles. The van der Waals surface area contributed by atoms with Gasteiger partial charge in [0, 0.05) is 39.4 Å². The highest BCUT2D eigenvalue weighted by Gasteiger charge is 2.33. The van der Waals surface area contributed by atoms with E-state index in [1.165, 1.54) is 19.3 Å². The van der Waals surface area contributed by atoms with E-state index in [0.717, 1.165) is 38.9 Å². The van der Waals surface area contributed by atoms with Gasteiger partial charge >= 0.3 is 0 Å². The zero-order chi connectivity index (χ0) is 12.5. The topological polar surface area (TPSA) is 33.7 Å². The molecule has 0 radical (unpaired) electrons. The van der Waals surface area contributed by atoms with Crippen molar-refractivity contribution in [3.05, 3.63) is 0 Å². The van der Waals surface area contributed by atoms with Crippen LogP contribution in [0.3, 0.4) is 0 Å². The number of hydrogen-bond acceptors (Lipinski definition) is 4. The van der Waals surface area contributed by atoms with Gasteiger partial charge in [0.15, 0.2) is 0 Å². The van der Waals surface area contributed by atoms with Crippen LogP contribution in [-0.2, 0) is 9.47 Å². The zero-order valence-corrected chi connectivity index (χ0v) is 11.6. The van der Waals surface area contributed by atoms with Gasteiger partial charge in [-0.25, -0.2) is 0 Å². The fourth-order valence-corrected chi connectivity index (χ4v) is 2.18. The average molecular weight is 244 g/mol. The highest BCUT2D eigenvalue weighted by Crippen LogP contribution is 2.28. The first kappa shape index (κ1) is 14.9. The second-order valence-corrected chi connectivity index (χ2v) is 4.78. The Balaban J connectivity index is 2.38. The Morgan fingerprint density at radius 2 is 2.06 bits per heavy atom. The van der Waals surface area contributed by atoms with Crippen LogP contribution in [0.2, 0.25) is 0 Å². The van der Waals surface area contributed by atoms with Gasteiger partial charge in [-0.1, -0.05) is 6.92 Å². The summed E-state index contributed by atoms with van der Waals surface area (Å²) < 4.78 is 10.6. The molecule has 1 saturated carbocycles. The Morgan fingerprint density at radius 3 is 2.59 bits per heavy atom. The number of hydrogen-bond donors (Lipinski definition) is 1. The highest BCUT2D eigenvalue weighted by atomic mass is 16.5. The van der Waals surface area contributed by atoms with Crippen molar-refractivity contribution in [1.82, 2.24) is 10.2 Å². The molecule has 4 nitrogen and oxygen atoms in total. The first-order valence-corrected chi connectivity index (χ1v) is 6.77. The first-order chi connectivity index (χ1) is 8.33. The normalized spacial score (nSPS) is 17.6. The van der Waals surface area contributed by atoms with Gasteiger partial charge in [-0.05, 0) is 25.8 Å². The molecule has 102 valence electrons. The third kappa shape index (κ3) is 5.82. The monoisotopic (exact) mass is 244 g/mol. The molecule has 1 rings (SSSR count). The van der Waals surface area contributed by atoms with Gasteiger partial charge in [0.25, 0.3) is 0 Å². The van der Waals surface area contributed by atoms with Gasteiger partial charge < -0.3 is 14.8 Å². The van der Waals surface area contributed by atoms with Crippen molar-refractivity contribution in [2.75, 3.05) is 47.1 Å². The van der Waals surface area contributed by atoms with E-state index >= 15 is 0 Å². The lowest BCUT2D eigenvalue weighted by atomic mass is 10.2. The lowest BCUT2D eigenvalue weighted by Gasteiger charge is -2.31. The molecule has 0 aromatic rings. The van der Waals surface area contributed by atoms with Crippen molar-refractivity contribution in [1.29, 1.82) is 0 Å². The maximum absolute atomic E-state index is 5.35. The van der Waals surface area contributed by atoms with Gasteiger partial charge in [-0.3, -0.25) is 4.90 Å². The summed E-state index contributed by atoms with van der Waals surface area (Å²) >= 11 is 0. The molecule has 1 N–H and O–H groups in total. The average Bonchev–Trinajstić information content (AvgIpc) is 3.14. The van der Waals surface area contributed by atoms with Crippen molar-refractivity contribution in [3.63, 3.8) is 0 Å². The van der Waals surface area contributed by atoms with Crippen LogP contribution in [0.15, 0.2) is 0 Å². The lowest BCUT2D eigenvalue weighted by molar-refractivity contribution is 0.0620. The summed E-state index contributed by atoms with van der Waals surface area (Å²) in [4.78, 5) is 2.55. The van der Waals surface area contributed by atoms with Crippen LogP contribution in [0.4, 0.5) is 0 Å². The Kier molecular flexibility index (Phi) is 7.77. The molecule has 0 bridgehead atoms. The molecule has 0 aromatic heterocycles. The SMILES string of the molecule is CCCNCC(COC)N(CCOC)C1CC1. The maximum Gasteiger partial charge on any atom is 0.0630 e. The maximum atomic E-state index is 5.35. The second-order valence-electron chi connectivity index (χ2n) is 4.78. The van der Waals surface area contributed by atoms with Gasteiger partial charge in [-0.15, -0.1) is 0 Å². The Morgan fingerprint density at radius 1 is 1.29 bits per heavy atom. The van der Waals surface area contributed by atoms with E-state index in [1.54, 1.807) is 14.2 Å². The lowest BCUT2D eigenvalue weighted by Crippen LogP contribution is -2.47. The zero-order valence-electron chi connectivity index (χ0n) is 11.6. The minimum Gasteiger partial charge on any atom is -0.383 e. The van der Waals surface area contributed by atoms with E-state index in [4.69, 9.17) is 9.47 Å². The highest BCUT2D eigenvalue weighted by molar-refractivity contribution is 4.89. The first-order valence-electron chi connectivity index (χ1n) is 6.77. The molecule has 1 atom stereocenters. The number of nitrogens with zero attached hydrogens (tertiary/aromatic N) is 1. The van der Waals surface area contributed by atoms with Crippen LogP contribution < -0.4 is 5.32 Å². The number of nitrogens with one attached hydrogen (secondary N) is 1. The molecular formula is C13H28N2O2. The Hall–Kier alpha value is -0.160. The minimum atomic E-state index is 0.481. The van der Waals surface area contributed by atoms with E-state index in [0.29, 0.717) is 6.04 Å². The summed E-state index contributed by atoms with van der Waals surface area (Å²) in [6.07, 6.45) is 3.84. The predicted molar refractivity (Wildman–Crippen MR) is 70.4 cm³/mol. The molecule has 1 aliphatic rings. The standard InChI is InChI=1S/C13H28N2O2/c1-4-7-14-10-13(11-17-3)15(8-9-16-2)12-5-6-12/h12-14H,4-11H2,1-3H3. The van der Waals surface area contributed by atoms with E-state index < -0.39 is 0 Å². The second kappa shape index (κ2) is 8.86. The minimum absolute atomic E-state index is 0.481. The van der Waals surface area contributed by atoms with Crippen LogP contribution in [-0.4, -0.2) is 64.1 Å². The molecule has 0 amide bonds. The van der Waals surface area contributed by atoms with E-state index in [9.17, 15) is 0 Å². The third-order valence-electron chi connectivity index (χ3n) is 3.20. The molecule has 1 unspecified atom stereocenters. The van der Waals surface area contributed by atoms with E-state index in [2.05, 4.69) is 17.1 Å². The Labute approximate surface area is 106 Å². The summed E-state index contributed by atoms with van der Waals surface area (Å²) in [6, 6.07) is 1.24. The molecule has 0 heterocycles. The molecule has 17 heavy (non-hydrogen) atoms. The van der Waals surface area contributed by atoms with Crippen molar-refractivity contribution >= 4 is 0 Å². The molecule has 1 fully saturated rings. The molecular weight excluding hydrogens is 216 g/mol. The quantitative estimate of drug-likeness (QED) is 0.552. The third-order valence-corrected chi connectivity index (χ3v) is 3.20. The smallest absolute Gasteiger partial charge is 0.0630 e. The molecule has 4 heteroatoms. The molecule has 0 aliphatic heterocycles. The van der Waals surface area contributed by atoms with Gasteiger partial charge in [0.2, 0.25) is 0 Å². The largest absolute Gasteiger partial charge is 0.383 e. The van der Waals surface area contributed by atoms with Crippen LogP contribution >= 0.6 is 0 Å². The van der Waals surface area contributed by atoms with Crippen LogP contribution in [0.1, 0.15) is 26.2 Å².